The lowest BCUT2D eigenvalue weighted by atomic mass is 9.90. The number of phenols is 3. The molecule has 8 nitrogen and oxygen atoms in total. The van der Waals surface area contributed by atoms with Gasteiger partial charge in [0.1, 0.15) is 5.82 Å². The van der Waals surface area contributed by atoms with Crippen LogP contribution in [-0.2, 0) is 12.2 Å². The van der Waals surface area contributed by atoms with Crippen molar-refractivity contribution in [3.63, 3.8) is 0 Å². The Labute approximate surface area is 142 Å². The molecule has 9 heteroatoms. The standard InChI is InChI=1S/C14H15FO8.C2H6/c1-2-5-8-6(11(17)12(18)10(5)16)3-4-7(15)9(8)13(19,20)14(21,22)23;1-2/h3-4,16-23H,2H2,1H3;1-2H3. The van der Waals surface area contributed by atoms with Crippen molar-refractivity contribution in [2.75, 3.05) is 0 Å². The van der Waals surface area contributed by atoms with Crippen molar-refractivity contribution >= 4 is 10.8 Å². The van der Waals surface area contributed by atoms with Gasteiger partial charge >= 0.3 is 5.97 Å². The molecule has 0 saturated carbocycles. The van der Waals surface area contributed by atoms with Crippen molar-refractivity contribution in [2.24, 2.45) is 0 Å². The summed E-state index contributed by atoms with van der Waals surface area (Å²) in [6.07, 6.45) is -0.0575. The molecule has 0 aliphatic heterocycles. The van der Waals surface area contributed by atoms with Gasteiger partial charge in [-0.25, -0.2) is 4.39 Å². The molecule has 0 fully saturated rings. The number of hydrogen-bond donors (Lipinski definition) is 8. The van der Waals surface area contributed by atoms with E-state index in [9.17, 15) is 29.9 Å². The van der Waals surface area contributed by atoms with Crippen molar-refractivity contribution in [1.29, 1.82) is 0 Å². The molecule has 140 valence electrons. The summed E-state index contributed by atoms with van der Waals surface area (Å²) in [4.78, 5) is 0. The Balaban J connectivity index is 0.00000151. The fourth-order valence-electron chi connectivity index (χ4n) is 2.44. The van der Waals surface area contributed by atoms with Crippen molar-refractivity contribution in [2.45, 2.75) is 39.0 Å². The number of aliphatic hydroxyl groups is 5. The zero-order valence-electron chi connectivity index (χ0n) is 13.8. The minimum absolute atomic E-state index is 0.0575. The number of rotatable bonds is 3. The number of fused-ring (bicyclic) bond motifs is 1. The van der Waals surface area contributed by atoms with Crippen LogP contribution in [0, 0.1) is 5.82 Å². The van der Waals surface area contributed by atoms with Crippen LogP contribution in [0.15, 0.2) is 12.1 Å². The highest BCUT2D eigenvalue weighted by Gasteiger charge is 2.51. The molecule has 0 aromatic heterocycles. The Hall–Kier alpha value is -2.17. The molecule has 0 amide bonds. The maximum Gasteiger partial charge on any atom is 0.337 e. The van der Waals surface area contributed by atoms with Gasteiger partial charge in [0.05, 0.1) is 5.56 Å². The average Bonchev–Trinajstić information content (AvgIpc) is 2.53. The Bertz CT molecular complexity index is 780. The van der Waals surface area contributed by atoms with E-state index in [4.69, 9.17) is 15.3 Å². The predicted octanol–water partition coefficient (Wildman–Crippen LogP) is 0.452. The van der Waals surface area contributed by atoms with E-state index in [1.165, 1.54) is 6.92 Å². The SMILES string of the molecule is CC.CCc1c(O)c(O)c(O)c2ccc(F)c(C(O)(O)C(O)(O)O)c12. The highest BCUT2D eigenvalue weighted by molar-refractivity contribution is 5.98. The Morgan fingerprint density at radius 1 is 0.880 bits per heavy atom. The molecule has 0 unspecified atom stereocenters. The fourth-order valence-corrected chi connectivity index (χ4v) is 2.44. The van der Waals surface area contributed by atoms with E-state index in [0.29, 0.717) is 6.07 Å². The smallest absolute Gasteiger partial charge is 0.337 e. The molecule has 0 spiro atoms. The van der Waals surface area contributed by atoms with Gasteiger partial charge in [0.2, 0.25) is 5.75 Å². The second-order valence-corrected chi connectivity index (χ2v) is 5.03. The predicted molar refractivity (Wildman–Crippen MR) is 85.1 cm³/mol. The molecule has 0 bridgehead atoms. The van der Waals surface area contributed by atoms with Gasteiger partial charge in [-0.2, -0.15) is 0 Å². The van der Waals surface area contributed by atoms with Crippen LogP contribution in [0.5, 0.6) is 17.2 Å². The molecular formula is C16H21FO8. The second kappa shape index (κ2) is 6.98. The topological polar surface area (TPSA) is 162 Å². The Kier molecular flexibility index (Phi) is 5.83. The molecule has 25 heavy (non-hydrogen) atoms. The zero-order chi connectivity index (χ0) is 19.7. The van der Waals surface area contributed by atoms with E-state index >= 15 is 0 Å². The van der Waals surface area contributed by atoms with Crippen LogP contribution in [0.1, 0.15) is 31.9 Å². The van der Waals surface area contributed by atoms with Gasteiger partial charge in [-0.3, -0.25) is 0 Å². The highest BCUT2D eigenvalue weighted by Crippen LogP contribution is 2.48. The third kappa shape index (κ3) is 3.20. The van der Waals surface area contributed by atoms with E-state index in [1.54, 1.807) is 0 Å². The number of halogens is 1. The molecule has 0 heterocycles. The largest absolute Gasteiger partial charge is 0.504 e. The molecule has 2 rings (SSSR count). The first-order valence-corrected chi connectivity index (χ1v) is 7.45. The van der Waals surface area contributed by atoms with Gasteiger partial charge in [0, 0.05) is 16.3 Å². The monoisotopic (exact) mass is 360 g/mol. The third-order valence-electron chi connectivity index (χ3n) is 3.62. The summed E-state index contributed by atoms with van der Waals surface area (Å²) in [7, 11) is 0. The van der Waals surface area contributed by atoms with Gasteiger partial charge in [-0.1, -0.05) is 20.8 Å². The lowest BCUT2D eigenvalue weighted by Gasteiger charge is -2.32. The van der Waals surface area contributed by atoms with E-state index in [-0.39, 0.29) is 17.4 Å². The number of aryl methyl sites for hydroxylation is 1. The second-order valence-electron chi connectivity index (χ2n) is 5.03. The molecule has 2 aromatic rings. The van der Waals surface area contributed by atoms with Crippen molar-refractivity contribution in [1.82, 2.24) is 0 Å². The van der Waals surface area contributed by atoms with Gasteiger partial charge in [-0.05, 0) is 18.6 Å². The van der Waals surface area contributed by atoms with Crippen LogP contribution in [-0.4, -0.2) is 46.8 Å². The molecule has 0 saturated heterocycles. The summed E-state index contributed by atoms with van der Waals surface area (Å²) in [6, 6.07) is 1.63. The number of phenolic OH excluding ortho intramolecular Hbond substituents is 3. The zero-order valence-corrected chi connectivity index (χ0v) is 13.8. The molecule has 0 aliphatic rings. The van der Waals surface area contributed by atoms with Crippen LogP contribution in [0.25, 0.3) is 10.8 Å². The molecule has 0 aliphatic carbocycles. The molecule has 0 radical (unpaired) electrons. The van der Waals surface area contributed by atoms with Crippen LogP contribution < -0.4 is 0 Å². The Morgan fingerprint density at radius 2 is 1.40 bits per heavy atom. The minimum Gasteiger partial charge on any atom is -0.504 e. The fraction of sp³-hybridized carbons (Fsp3) is 0.375. The first-order valence-electron chi connectivity index (χ1n) is 7.45. The number of hydrogen-bond acceptors (Lipinski definition) is 8. The quantitative estimate of drug-likeness (QED) is 0.289. The lowest BCUT2D eigenvalue weighted by molar-refractivity contribution is -0.454. The van der Waals surface area contributed by atoms with E-state index in [2.05, 4.69) is 0 Å². The van der Waals surface area contributed by atoms with Crippen molar-refractivity contribution in [3.8, 4) is 17.2 Å². The number of aromatic hydroxyl groups is 3. The molecule has 0 atom stereocenters. The van der Waals surface area contributed by atoms with Gasteiger partial charge < -0.3 is 40.9 Å². The normalized spacial score (nSPS) is 12.0. The Morgan fingerprint density at radius 3 is 1.84 bits per heavy atom. The molecule has 2 aromatic carbocycles. The maximum absolute atomic E-state index is 14.1. The minimum atomic E-state index is -4.14. The van der Waals surface area contributed by atoms with E-state index in [1.807, 2.05) is 13.8 Å². The molecular weight excluding hydrogens is 339 g/mol. The summed E-state index contributed by atoms with van der Waals surface area (Å²) in [6.45, 7) is 5.47. The van der Waals surface area contributed by atoms with Crippen LogP contribution in [0.4, 0.5) is 4.39 Å². The average molecular weight is 360 g/mol. The van der Waals surface area contributed by atoms with Crippen LogP contribution >= 0.6 is 0 Å². The lowest BCUT2D eigenvalue weighted by Crippen LogP contribution is -2.52. The van der Waals surface area contributed by atoms with E-state index in [0.717, 1.165) is 6.07 Å². The van der Waals surface area contributed by atoms with E-state index < -0.39 is 45.8 Å². The highest BCUT2D eigenvalue weighted by atomic mass is 19.1. The molecule has 8 N–H and O–H groups in total. The van der Waals surface area contributed by atoms with Crippen molar-refractivity contribution in [3.05, 3.63) is 29.1 Å². The first-order chi connectivity index (χ1) is 11.4. The summed E-state index contributed by atoms with van der Waals surface area (Å²) in [5.41, 5.74) is -1.40. The van der Waals surface area contributed by atoms with Gasteiger partial charge in [-0.15, -0.1) is 0 Å². The van der Waals surface area contributed by atoms with Crippen molar-refractivity contribution < 1.29 is 45.2 Å². The first kappa shape index (κ1) is 20.9. The van der Waals surface area contributed by atoms with Crippen LogP contribution in [0.3, 0.4) is 0 Å². The number of benzene rings is 2. The summed E-state index contributed by atoms with van der Waals surface area (Å²) < 4.78 is 14.1. The van der Waals surface area contributed by atoms with Gasteiger partial charge in [0.25, 0.3) is 5.79 Å². The van der Waals surface area contributed by atoms with Gasteiger partial charge in [0.15, 0.2) is 11.5 Å². The summed E-state index contributed by atoms with van der Waals surface area (Å²) >= 11 is 0. The third-order valence-corrected chi connectivity index (χ3v) is 3.62. The summed E-state index contributed by atoms with van der Waals surface area (Å²) in [5.74, 6) is -12.0. The van der Waals surface area contributed by atoms with Crippen LogP contribution in [0.2, 0.25) is 0 Å². The maximum atomic E-state index is 14.1. The summed E-state index contributed by atoms with van der Waals surface area (Å²) in [5, 5.41) is 75.6.